The van der Waals surface area contributed by atoms with Gasteiger partial charge in [0.05, 0.1) is 11.6 Å². The van der Waals surface area contributed by atoms with Gasteiger partial charge in [-0.05, 0) is 41.3 Å². The van der Waals surface area contributed by atoms with E-state index in [1.54, 1.807) is 30.3 Å². The number of thiophene rings is 1. The highest BCUT2D eigenvalue weighted by molar-refractivity contribution is 7.10. The average molecular weight is 345 g/mol. The lowest BCUT2D eigenvalue weighted by atomic mass is 10.0. The fourth-order valence-corrected chi connectivity index (χ4v) is 3.25. The Labute approximate surface area is 142 Å². The van der Waals surface area contributed by atoms with Gasteiger partial charge in [-0.2, -0.15) is 0 Å². The van der Waals surface area contributed by atoms with Crippen molar-refractivity contribution in [3.8, 4) is 5.75 Å². The van der Waals surface area contributed by atoms with E-state index in [0.717, 1.165) is 10.4 Å². The van der Waals surface area contributed by atoms with Crippen LogP contribution in [0.25, 0.3) is 0 Å². The molecule has 116 valence electrons. The summed E-state index contributed by atoms with van der Waals surface area (Å²) in [4.78, 5) is 17.4. The van der Waals surface area contributed by atoms with Crippen LogP contribution in [0.4, 0.5) is 0 Å². The molecule has 0 aliphatic rings. The minimum Gasteiger partial charge on any atom is -0.508 e. The summed E-state index contributed by atoms with van der Waals surface area (Å²) >= 11 is 7.52. The van der Waals surface area contributed by atoms with Crippen molar-refractivity contribution < 1.29 is 9.90 Å². The number of aromatic hydroxyl groups is 1. The Morgan fingerprint density at radius 3 is 2.78 bits per heavy atom. The predicted molar refractivity (Wildman–Crippen MR) is 91.0 cm³/mol. The van der Waals surface area contributed by atoms with Gasteiger partial charge in [-0.15, -0.1) is 11.3 Å². The highest BCUT2D eigenvalue weighted by atomic mass is 35.5. The second-order valence-electron chi connectivity index (χ2n) is 4.86. The van der Waals surface area contributed by atoms with Crippen molar-refractivity contribution in [3.05, 3.63) is 81.3 Å². The first-order valence-corrected chi connectivity index (χ1v) is 8.14. The molecule has 1 atom stereocenters. The normalized spacial score (nSPS) is 11.9. The number of rotatable bonds is 4. The quantitative estimate of drug-likeness (QED) is 0.703. The summed E-state index contributed by atoms with van der Waals surface area (Å²) in [6.07, 6.45) is 1.53. The number of nitrogens with zero attached hydrogens (tertiary/aromatic N) is 1. The van der Waals surface area contributed by atoms with Gasteiger partial charge in [0.25, 0.3) is 5.91 Å². The average Bonchev–Trinajstić information content (AvgIpc) is 3.07. The third-order valence-corrected chi connectivity index (χ3v) is 4.55. The molecule has 0 fully saturated rings. The van der Waals surface area contributed by atoms with E-state index < -0.39 is 0 Å². The number of benzene rings is 1. The number of carbonyl (C=O) groups is 1. The topological polar surface area (TPSA) is 62.2 Å². The molecule has 1 amide bonds. The highest BCUT2D eigenvalue weighted by Crippen LogP contribution is 2.28. The van der Waals surface area contributed by atoms with Gasteiger partial charge in [0.2, 0.25) is 0 Å². The SMILES string of the molecule is O=C(NC(c1cccc(O)c1)c1cccs1)c1cccnc1Cl. The minimum absolute atomic E-state index is 0.151. The van der Waals surface area contributed by atoms with E-state index in [2.05, 4.69) is 10.3 Å². The molecule has 2 N–H and O–H groups in total. The van der Waals surface area contributed by atoms with E-state index in [-0.39, 0.29) is 22.9 Å². The summed E-state index contributed by atoms with van der Waals surface area (Å²) in [6, 6.07) is 13.6. The van der Waals surface area contributed by atoms with Gasteiger partial charge in [0, 0.05) is 11.1 Å². The molecular weight excluding hydrogens is 332 g/mol. The third-order valence-electron chi connectivity index (χ3n) is 3.31. The van der Waals surface area contributed by atoms with Crippen LogP contribution in [0.2, 0.25) is 5.15 Å². The van der Waals surface area contributed by atoms with Crippen molar-refractivity contribution in [3.63, 3.8) is 0 Å². The van der Waals surface area contributed by atoms with Gasteiger partial charge in [-0.25, -0.2) is 4.98 Å². The van der Waals surface area contributed by atoms with Crippen molar-refractivity contribution >= 4 is 28.8 Å². The fourth-order valence-electron chi connectivity index (χ4n) is 2.24. The van der Waals surface area contributed by atoms with Gasteiger partial charge >= 0.3 is 0 Å². The molecule has 0 aliphatic heterocycles. The number of nitrogens with one attached hydrogen (secondary N) is 1. The largest absolute Gasteiger partial charge is 0.508 e. The van der Waals surface area contributed by atoms with Crippen LogP contribution in [-0.4, -0.2) is 16.0 Å². The Kier molecular flexibility index (Phi) is 4.60. The molecule has 0 spiro atoms. The van der Waals surface area contributed by atoms with Crippen molar-refractivity contribution in [1.29, 1.82) is 0 Å². The zero-order chi connectivity index (χ0) is 16.2. The van der Waals surface area contributed by atoms with Crippen LogP contribution in [0, 0.1) is 0 Å². The first-order chi connectivity index (χ1) is 11.1. The summed E-state index contributed by atoms with van der Waals surface area (Å²) in [5.74, 6) is -0.164. The molecule has 2 heterocycles. The smallest absolute Gasteiger partial charge is 0.255 e. The van der Waals surface area contributed by atoms with Gasteiger partial charge in [-0.1, -0.05) is 29.8 Å². The first-order valence-electron chi connectivity index (χ1n) is 6.89. The van der Waals surface area contributed by atoms with E-state index in [4.69, 9.17) is 11.6 Å². The summed E-state index contributed by atoms with van der Waals surface area (Å²) in [5.41, 5.74) is 1.11. The second kappa shape index (κ2) is 6.81. The van der Waals surface area contributed by atoms with Gasteiger partial charge in [0.1, 0.15) is 10.9 Å². The number of hydrogen-bond donors (Lipinski definition) is 2. The van der Waals surface area contributed by atoms with Crippen LogP contribution in [0.3, 0.4) is 0 Å². The molecule has 1 aromatic carbocycles. The maximum atomic E-state index is 12.5. The highest BCUT2D eigenvalue weighted by Gasteiger charge is 2.20. The third kappa shape index (κ3) is 3.52. The van der Waals surface area contributed by atoms with E-state index in [1.807, 2.05) is 23.6 Å². The van der Waals surface area contributed by atoms with Crippen LogP contribution in [-0.2, 0) is 0 Å². The van der Waals surface area contributed by atoms with Crippen LogP contribution < -0.4 is 5.32 Å². The van der Waals surface area contributed by atoms with Crippen LogP contribution in [0.1, 0.15) is 26.8 Å². The molecule has 6 heteroatoms. The Balaban J connectivity index is 1.94. The lowest BCUT2D eigenvalue weighted by Gasteiger charge is -2.18. The molecule has 23 heavy (non-hydrogen) atoms. The number of hydrogen-bond acceptors (Lipinski definition) is 4. The predicted octanol–water partition coefficient (Wildman–Crippen LogP) is 4.02. The maximum Gasteiger partial charge on any atom is 0.255 e. The van der Waals surface area contributed by atoms with Gasteiger partial charge in [-0.3, -0.25) is 4.79 Å². The number of phenols is 1. The summed E-state index contributed by atoms with van der Waals surface area (Å²) < 4.78 is 0. The lowest BCUT2D eigenvalue weighted by Crippen LogP contribution is -2.29. The molecule has 0 radical (unpaired) electrons. The van der Waals surface area contributed by atoms with Crippen molar-refractivity contribution in [2.45, 2.75) is 6.04 Å². The molecule has 0 bridgehead atoms. The molecule has 2 aromatic heterocycles. The number of pyridine rings is 1. The second-order valence-corrected chi connectivity index (χ2v) is 6.20. The summed E-state index contributed by atoms with van der Waals surface area (Å²) in [6.45, 7) is 0. The van der Waals surface area contributed by atoms with E-state index >= 15 is 0 Å². The van der Waals surface area contributed by atoms with Crippen LogP contribution in [0.5, 0.6) is 5.75 Å². The van der Waals surface area contributed by atoms with Crippen LogP contribution in [0.15, 0.2) is 60.1 Å². The Hall–Kier alpha value is -2.37. The summed E-state index contributed by atoms with van der Waals surface area (Å²) in [7, 11) is 0. The number of aromatic nitrogens is 1. The monoisotopic (exact) mass is 344 g/mol. The number of amides is 1. The standard InChI is InChI=1S/C17H13ClN2O2S/c18-16-13(6-2-8-19-16)17(22)20-15(14-7-3-9-23-14)11-4-1-5-12(21)10-11/h1-10,15,21H,(H,20,22). The molecule has 3 rings (SSSR count). The summed E-state index contributed by atoms with van der Waals surface area (Å²) in [5, 5.41) is 14.8. The molecule has 0 saturated carbocycles. The Morgan fingerprint density at radius 2 is 2.09 bits per heavy atom. The number of carbonyl (C=O) groups excluding carboxylic acids is 1. The lowest BCUT2D eigenvalue weighted by molar-refractivity contribution is 0.0943. The van der Waals surface area contributed by atoms with E-state index in [1.165, 1.54) is 17.5 Å². The van der Waals surface area contributed by atoms with Gasteiger partial charge < -0.3 is 10.4 Å². The van der Waals surface area contributed by atoms with Crippen molar-refractivity contribution in [2.24, 2.45) is 0 Å². The van der Waals surface area contributed by atoms with E-state index in [9.17, 15) is 9.90 Å². The van der Waals surface area contributed by atoms with Crippen LogP contribution >= 0.6 is 22.9 Å². The maximum absolute atomic E-state index is 12.5. The molecule has 3 aromatic rings. The molecule has 1 unspecified atom stereocenters. The van der Waals surface area contributed by atoms with Crippen molar-refractivity contribution in [1.82, 2.24) is 10.3 Å². The van der Waals surface area contributed by atoms with Gasteiger partial charge in [0.15, 0.2) is 0 Å². The first kappa shape index (κ1) is 15.5. The fraction of sp³-hybridized carbons (Fsp3) is 0.0588. The molecule has 0 saturated heterocycles. The number of halogens is 1. The molecule has 0 aliphatic carbocycles. The zero-order valence-corrected chi connectivity index (χ0v) is 13.5. The molecule has 4 nitrogen and oxygen atoms in total. The minimum atomic E-state index is -0.370. The van der Waals surface area contributed by atoms with E-state index in [0.29, 0.717) is 5.56 Å². The molecular formula is C17H13ClN2O2S. The number of phenolic OH excluding ortho intramolecular Hbond substituents is 1. The van der Waals surface area contributed by atoms with Crippen molar-refractivity contribution in [2.75, 3.05) is 0 Å². The zero-order valence-electron chi connectivity index (χ0n) is 11.9. The Bertz CT molecular complexity index is 821. The Morgan fingerprint density at radius 1 is 1.22 bits per heavy atom.